The van der Waals surface area contributed by atoms with Crippen molar-refractivity contribution < 1.29 is 0 Å². The van der Waals surface area contributed by atoms with E-state index in [4.69, 9.17) is 5.73 Å². The first-order valence-electron chi connectivity index (χ1n) is 8.28. The van der Waals surface area contributed by atoms with Crippen LogP contribution < -0.4 is 16.4 Å². The van der Waals surface area contributed by atoms with Gasteiger partial charge in [0.05, 0.1) is 6.54 Å². The van der Waals surface area contributed by atoms with Crippen LogP contribution in [0.3, 0.4) is 0 Å². The molecule has 0 fully saturated rings. The van der Waals surface area contributed by atoms with Gasteiger partial charge in [-0.1, -0.05) is 31.2 Å². The number of anilines is 3. The molecular formula is C18H22N6S. The molecule has 1 atom stereocenters. The molecule has 6 nitrogen and oxygen atoms in total. The van der Waals surface area contributed by atoms with Crippen LogP contribution >= 0.6 is 11.3 Å². The number of hydrogen-bond acceptors (Lipinski definition) is 7. The molecule has 1 aromatic carbocycles. The van der Waals surface area contributed by atoms with Gasteiger partial charge in [-0.3, -0.25) is 0 Å². The normalized spacial score (nSPS) is 12.1. The van der Waals surface area contributed by atoms with Crippen LogP contribution in [-0.4, -0.2) is 15.0 Å². The molecule has 130 valence electrons. The molecule has 0 bridgehead atoms. The van der Waals surface area contributed by atoms with Gasteiger partial charge < -0.3 is 16.4 Å². The van der Waals surface area contributed by atoms with E-state index in [2.05, 4.69) is 56.9 Å². The number of thiophene rings is 1. The molecule has 4 N–H and O–H groups in total. The standard InChI is InChI=1S/C18H22N6S/c1-3-13-7-4-5-8-14(13)21-18-23-16(22-17(19)24-18)11-20-12(2)15-9-6-10-25-15/h4-10,12,20H,3,11H2,1-2H3,(H3,19,21,22,23,24)/t12-/m0/s1. The Labute approximate surface area is 151 Å². The second-order valence-corrected chi connectivity index (χ2v) is 6.67. The first-order chi connectivity index (χ1) is 12.2. The summed E-state index contributed by atoms with van der Waals surface area (Å²) >= 11 is 1.73. The Morgan fingerprint density at radius 2 is 1.96 bits per heavy atom. The van der Waals surface area contributed by atoms with Crippen molar-refractivity contribution >= 4 is 28.9 Å². The van der Waals surface area contributed by atoms with E-state index in [1.807, 2.05) is 24.3 Å². The van der Waals surface area contributed by atoms with Gasteiger partial charge in [0, 0.05) is 16.6 Å². The van der Waals surface area contributed by atoms with Crippen molar-refractivity contribution in [1.29, 1.82) is 0 Å². The fourth-order valence-corrected chi connectivity index (χ4v) is 3.29. The molecule has 0 spiro atoms. The number of nitrogens with two attached hydrogens (primary N) is 1. The number of benzene rings is 1. The molecule has 0 saturated heterocycles. The van der Waals surface area contributed by atoms with Gasteiger partial charge >= 0.3 is 0 Å². The molecule has 0 unspecified atom stereocenters. The number of aromatic nitrogens is 3. The Morgan fingerprint density at radius 3 is 2.72 bits per heavy atom. The molecule has 0 aliphatic carbocycles. The van der Waals surface area contributed by atoms with Crippen LogP contribution in [0.4, 0.5) is 17.6 Å². The molecule has 0 amide bonds. The summed E-state index contributed by atoms with van der Waals surface area (Å²) in [5.74, 6) is 1.30. The predicted octanol–water partition coefficient (Wildman–Crippen LogP) is 3.67. The first kappa shape index (κ1) is 17.3. The minimum Gasteiger partial charge on any atom is -0.368 e. The molecule has 0 aliphatic heterocycles. The molecule has 2 aromatic heterocycles. The zero-order valence-corrected chi connectivity index (χ0v) is 15.2. The summed E-state index contributed by atoms with van der Waals surface area (Å²) in [4.78, 5) is 14.2. The summed E-state index contributed by atoms with van der Waals surface area (Å²) in [6.07, 6.45) is 0.927. The highest BCUT2D eigenvalue weighted by Gasteiger charge is 2.10. The lowest BCUT2D eigenvalue weighted by Gasteiger charge is -2.13. The highest BCUT2D eigenvalue weighted by molar-refractivity contribution is 7.10. The van der Waals surface area contributed by atoms with Crippen LogP contribution in [0, 0.1) is 0 Å². The second-order valence-electron chi connectivity index (χ2n) is 5.69. The lowest BCUT2D eigenvalue weighted by atomic mass is 10.1. The molecule has 25 heavy (non-hydrogen) atoms. The molecule has 0 radical (unpaired) electrons. The summed E-state index contributed by atoms with van der Waals surface area (Å²) in [5, 5.41) is 8.74. The fraction of sp³-hybridized carbons (Fsp3) is 0.278. The number of aryl methyl sites for hydroxylation is 1. The minimum atomic E-state index is 0.215. The maximum absolute atomic E-state index is 5.86. The van der Waals surface area contributed by atoms with E-state index < -0.39 is 0 Å². The number of rotatable bonds is 7. The molecule has 3 aromatic rings. The number of nitrogen functional groups attached to an aromatic ring is 1. The Balaban J connectivity index is 1.72. The van der Waals surface area contributed by atoms with E-state index in [9.17, 15) is 0 Å². The van der Waals surface area contributed by atoms with Crippen molar-refractivity contribution in [2.24, 2.45) is 0 Å². The molecule has 7 heteroatoms. The highest BCUT2D eigenvalue weighted by Crippen LogP contribution is 2.20. The van der Waals surface area contributed by atoms with E-state index >= 15 is 0 Å². The van der Waals surface area contributed by atoms with Crippen molar-refractivity contribution in [3.63, 3.8) is 0 Å². The minimum absolute atomic E-state index is 0.215. The molecule has 0 aliphatic rings. The second kappa shape index (κ2) is 8.04. The number of hydrogen-bond donors (Lipinski definition) is 3. The monoisotopic (exact) mass is 354 g/mol. The molecule has 3 rings (SSSR count). The molecule has 0 saturated carbocycles. The van der Waals surface area contributed by atoms with Crippen LogP contribution in [0.2, 0.25) is 0 Å². The van der Waals surface area contributed by atoms with E-state index in [1.54, 1.807) is 11.3 Å². The van der Waals surface area contributed by atoms with Crippen LogP contribution in [0.15, 0.2) is 41.8 Å². The average molecular weight is 354 g/mol. The summed E-state index contributed by atoms with van der Waals surface area (Å²) in [6.45, 7) is 4.76. The largest absolute Gasteiger partial charge is 0.368 e. The van der Waals surface area contributed by atoms with Gasteiger partial charge in [-0.2, -0.15) is 15.0 Å². The van der Waals surface area contributed by atoms with Crippen molar-refractivity contribution in [2.45, 2.75) is 32.9 Å². The maximum atomic E-state index is 5.86. The van der Waals surface area contributed by atoms with Crippen LogP contribution in [0.25, 0.3) is 0 Å². The quantitative estimate of drug-likeness (QED) is 0.600. The third kappa shape index (κ3) is 4.52. The van der Waals surface area contributed by atoms with Crippen LogP contribution in [0.5, 0.6) is 0 Å². The van der Waals surface area contributed by atoms with Crippen molar-refractivity contribution in [3.8, 4) is 0 Å². The molecule has 2 heterocycles. The average Bonchev–Trinajstić information content (AvgIpc) is 3.14. The van der Waals surface area contributed by atoms with E-state index in [1.165, 1.54) is 10.4 Å². The van der Waals surface area contributed by atoms with Crippen molar-refractivity contribution in [1.82, 2.24) is 20.3 Å². The maximum Gasteiger partial charge on any atom is 0.232 e. The Hall–Kier alpha value is -2.51. The number of nitrogens with one attached hydrogen (secondary N) is 2. The summed E-state index contributed by atoms with van der Waals surface area (Å²) in [5.41, 5.74) is 8.05. The lowest BCUT2D eigenvalue weighted by molar-refractivity contribution is 0.566. The van der Waals surface area contributed by atoms with Crippen LogP contribution in [-0.2, 0) is 13.0 Å². The predicted molar refractivity (Wildman–Crippen MR) is 103 cm³/mol. The van der Waals surface area contributed by atoms with Gasteiger partial charge in [0.2, 0.25) is 11.9 Å². The zero-order valence-electron chi connectivity index (χ0n) is 14.4. The van der Waals surface area contributed by atoms with Gasteiger partial charge in [0.1, 0.15) is 5.82 Å². The highest BCUT2D eigenvalue weighted by atomic mass is 32.1. The third-order valence-corrected chi connectivity index (χ3v) is 4.94. The zero-order chi connectivity index (χ0) is 17.6. The van der Waals surface area contributed by atoms with Gasteiger partial charge in [0.15, 0.2) is 0 Å². The van der Waals surface area contributed by atoms with Gasteiger partial charge in [-0.05, 0) is 36.4 Å². The van der Waals surface area contributed by atoms with Crippen molar-refractivity contribution in [2.75, 3.05) is 11.1 Å². The van der Waals surface area contributed by atoms with Crippen LogP contribution in [0.1, 0.15) is 36.2 Å². The Morgan fingerprint density at radius 1 is 1.12 bits per heavy atom. The van der Waals surface area contributed by atoms with E-state index in [0.717, 1.165) is 12.1 Å². The van der Waals surface area contributed by atoms with Gasteiger partial charge in [-0.15, -0.1) is 11.3 Å². The Bertz CT molecular complexity index is 818. The number of nitrogens with zero attached hydrogens (tertiary/aromatic N) is 3. The topological polar surface area (TPSA) is 88.8 Å². The van der Waals surface area contributed by atoms with E-state index in [-0.39, 0.29) is 12.0 Å². The number of para-hydroxylation sites is 1. The van der Waals surface area contributed by atoms with Crippen molar-refractivity contribution in [3.05, 3.63) is 58.0 Å². The summed E-state index contributed by atoms with van der Waals surface area (Å²) in [7, 11) is 0. The smallest absolute Gasteiger partial charge is 0.232 e. The van der Waals surface area contributed by atoms with Gasteiger partial charge in [0.25, 0.3) is 0 Å². The fourth-order valence-electron chi connectivity index (χ4n) is 2.53. The lowest BCUT2D eigenvalue weighted by Crippen LogP contribution is -2.20. The summed E-state index contributed by atoms with van der Waals surface area (Å²) in [6, 6.07) is 12.5. The van der Waals surface area contributed by atoms with E-state index in [0.29, 0.717) is 18.3 Å². The SMILES string of the molecule is CCc1ccccc1Nc1nc(N)nc(CN[C@@H](C)c2cccs2)n1. The molecular weight excluding hydrogens is 332 g/mol. The van der Waals surface area contributed by atoms with Gasteiger partial charge in [-0.25, -0.2) is 0 Å². The third-order valence-electron chi connectivity index (χ3n) is 3.88. The summed E-state index contributed by atoms with van der Waals surface area (Å²) < 4.78 is 0. The Kier molecular flexibility index (Phi) is 5.57. The first-order valence-corrected chi connectivity index (χ1v) is 9.15.